The van der Waals surface area contributed by atoms with Gasteiger partial charge in [-0.2, -0.15) is 0 Å². The molecule has 0 saturated heterocycles. The van der Waals surface area contributed by atoms with Crippen LogP contribution < -0.4 is 10.0 Å². The molecule has 9 heteroatoms. The molecule has 0 bridgehead atoms. The monoisotopic (exact) mass is 404 g/mol. The minimum absolute atomic E-state index is 0.187. The van der Waals surface area contributed by atoms with Gasteiger partial charge >= 0.3 is 0 Å². The highest BCUT2D eigenvalue weighted by Gasteiger charge is 2.20. The molecule has 0 radical (unpaired) electrons. The van der Waals surface area contributed by atoms with Crippen molar-refractivity contribution in [2.45, 2.75) is 12.5 Å². The summed E-state index contributed by atoms with van der Waals surface area (Å²) in [6, 6.07) is 9.13. The maximum atomic E-state index is 13.1. The van der Waals surface area contributed by atoms with Gasteiger partial charge < -0.3 is 5.32 Å². The lowest BCUT2D eigenvalue weighted by Gasteiger charge is -2.18. The van der Waals surface area contributed by atoms with Crippen molar-refractivity contribution in [3.63, 3.8) is 0 Å². The standard InChI is InChI=1S/C16H15Cl2FN2O3S/c1-25(23,24)21-14(10-5-7-11(19)8-6-10)9-15(22)20-13-4-2-3-12(17)16(13)18/h2-8,14,21H,9H2,1H3,(H,20,22)/t14-/m1/s1. The van der Waals surface area contributed by atoms with E-state index in [2.05, 4.69) is 10.0 Å². The van der Waals surface area contributed by atoms with Gasteiger partial charge in [0.25, 0.3) is 0 Å². The second kappa shape index (κ2) is 8.14. The first-order valence-corrected chi connectivity index (χ1v) is 9.77. The Morgan fingerprint density at radius 3 is 2.40 bits per heavy atom. The average Bonchev–Trinajstić information content (AvgIpc) is 2.50. The Hall–Kier alpha value is -1.67. The van der Waals surface area contributed by atoms with Crippen LogP contribution in [0.4, 0.5) is 10.1 Å². The molecule has 0 aliphatic rings. The number of carbonyl (C=O) groups excluding carboxylic acids is 1. The highest BCUT2D eigenvalue weighted by atomic mass is 35.5. The number of carbonyl (C=O) groups is 1. The first-order valence-electron chi connectivity index (χ1n) is 7.12. The molecule has 5 nitrogen and oxygen atoms in total. The van der Waals surface area contributed by atoms with E-state index in [-0.39, 0.29) is 16.5 Å². The molecule has 0 aliphatic heterocycles. The van der Waals surface area contributed by atoms with E-state index >= 15 is 0 Å². The Labute approximate surface area is 155 Å². The third kappa shape index (κ3) is 5.97. The van der Waals surface area contributed by atoms with E-state index in [0.717, 1.165) is 6.26 Å². The zero-order valence-corrected chi connectivity index (χ0v) is 15.4. The van der Waals surface area contributed by atoms with E-state index in [4.69, 9.17) is 23.2 Å². The maximum Gasteiger partial charge on any atom is 0.226 e. The highest BCUT2D eigenvalue weighted by Crippen LogP contribution is 2.30. The molecular weight excluding hydrogens is 390 g/mol. The van der Waals surface area contributed by atoms with Gasteiger partial charge in [-0.15, -0.1) is 0 Å². The third-order valence-electron chi connectivity index (χ3n) is 3.24. The Kier molecular flexibility index (Phi) is 6.40. The smallest absolute Gasteiger partial charge is 0.226 e. The van der Waals surface area contributed by atoms with Gasteiger partial charge in [-0.3, -0.25) is 4.79 Å². The lowest BCUT2D eigenvalue weighted by molar-refractivity contribution is -0.116. The molecule has 2 aromatic rings. The fourth-order valence-corrected chi connectivity index (χ4v) is 3.25. The first-order chi connectivity index (χ1) is 11.7. The molecule has 0 aliphatic carbocycles. The number of anilines is 1. The zero-order chi connectivity index (χ0) is 18.6. The summed E-state index contributed by atoms with van der Waals surface area (Å²) >= 11 is 11.9. The van der Waals surface area contributed by atoms with E-state index in [1.54, 1.807) is 18.2 Å². The summed E-state index contributed by atoms with van der Waals surface area (Å²) in [6.07, 6.45) is 0.775. The van der Waals surface area contributed by atoms with E-state index in [9.17, 15) is 17.6 Å². The van der Waals surface area contributed by atoms with Crippen molar-refractivity contribution in [3.05, 3.63) is 63.9 Å². The predicted octanol–water partition coefficient (Wildman–Crippen LogP) is 3.75. The second-order valence-corrected chi connectivity index (χ2v) is 7.91. The summed E-state index contributed by atoms with van der Waals surface area (Å²) in [5, 5.41) is 3.05. The normalized spacial score (nSPS) is 12.6. The van der Waals surface area contributed by atoms with Gasteiger partial charge in [0, 0.05) is 6.42 Å². The van der Waals surface area contributed by atoms with E-state index in [1.165, 1.54) is 24.3 Å². The molecule has 2 rings (SSSR count). The lowest BCUT2D eigenvalue weighted by atomic mass is 10.0. The van der Waals surface area contributed by atoms with Gasteiger partial charge in [-0.05, 0) is 29.8 Å². The average molecular weight is 405 g/mol. The second-order valence-electron chi connectivity index (χ2n) is 5.35. The first kappa shape index (κ1) is 19.7. The van der Waals surface area contributed by atoms with E-state index in [1.807, 2.05) is 0 Å². The van der Waals surface area contributed by atoms with Crippen molar-refractivity contribution < 1.29 is 17.6 Å². The lowest BCUT2D eigenvalue weighted by Crippen LogP contribution is -2.30. The molecule has 2 N–H and O–H groups in total. The van der Waals surface area contributed by atoms with Crippen LogP contribution >= 0.6 is 23.2 Å². The molecule has 1 atom stereocenters. The van der Waals surface area contributed by atoms with Crippen LogP contribution in [0.2, 0.25) is 10.0 Å². The van der Waals surface area contributed by atoms with E-state index in [0.29, 0.717) is 11.3 Å². The van der Waals surface area contributed by atoms with Gasteiger partial charge in [0.1, 0.15) is 5.82 Å². The molecule has 0 spiro atoms. The fourth-order valence-electron chi connectivity index (χ4n) is 2.17. The Bertz CT molecular complexity index is 873. The third-order valence-corrected chi connectivity index (χ3v) is 4.78. The molecule has 1 amide bonds. The van der Waals surface area contributed by atoms with Crippen LogP contribution in [0.3, 0.4) is 0 Å². The molecule has 2 aromatic carbocycles. The SMILES string of the molecule is CS(=O)(=O)N[C@H](CC(=O)Nc1cccc(Cl)c1Cl)c1ccc(F)cc1. The van der Waals surface area contributed by atoms with Crippen LogP contribution in [0, 0.1) is 5.82 Å². The van der Waals surface area contributed by atoms with Crippen LogP contribution in [-0.2, 0) is 14.8 Å². The summed E-state index contributed by atoms with van der Waals surface area (Å²) < 4.78 is 38.6. The summed E-state index contributed by atoms with van der Waals surface area (Å²) in [4.78, 5) is 12.3. The van der Waals surface area contributed by atoms with Crippen molar-refractivity contribution in [1.82, 2.24) is 4.72 Å². The number of sulfonamides is 1. The molecule has 0 unspecified atom stereocenters. The minimum Gasteiger partial charge on any atom is -0.325 e. The van der Waals surface area contributed by atoms with Crippen LogP contribution in [-0.4, -0.2) is 20.6 Å². The number of hydrogen-bond acceptors (Lipinski definition) is 3. The Balaban J connectivity index is 2.19. The molecule has 0 heterocycles. The summed E-state index contributed by atoms with van der Waals surface area (Å²) in [6.45, 7) is 0. The molecule has 134 valence electrons. The van der Waals surface area contributed by atoms with Crippen molar-refractivity contribution in [3.8, 4) is 0 Å². The maximum absolute atomic E-state index is 13.1. The van der Waals surface area contributed by atoms with Crippen LogP contribution in [0.1, 0.15) is 18.0 Å². The highest BCUT2D eigenvalue weighted by molar-refractivity contribution is 7.88. The van der Waals surface area contributed by atoms with E-state index < -0.39 is 27.8 Å². The number of amides is 1. The zero-order valence-electron chi connectivity index (χ0n) is 13.1. The van der Waals surface area contributed by atoms with Gasteiger partial charge in [0.05, 0.1) is 28.0 Å². The minimum atomic E-state index is -3.59. The van der Waals surface area contributed by atoms with Crippen LogP contribution in [0.5, 0.6) is 0 Å². The number of hydrogen-bond donors (Lipinski definition) is 2. The predicted molar refractivity (Wildman–Crippen MR) is 96.8 cm³/mol. The summed E-state index contributed by atoms with van der Waals surface area (Å²) in [5.74, 6) is -0.938. The topological polar surface area (TPSA) is 75.3 Å². The summed E-state index contributed by atoms with van der Waals surface area (Å²) in [5.41, 5.74) is 0.774. The van der Waals surface area contributed by atoms with Gasteiger partial charge in [0.15, 0.2) is 0 Å². The largest absolute Gasteiger partial charge is 0.325 e. The quantitative estimate of drug-likeness (QED) is 0.769. The fraction of sp³-hybridized carbons (Fsp3) is 0.188. The van der Waals surface area contributed by atoms with Gasteiger partial charge in [0.2, 0.25) is 15.9 Å². The molecule has 25 heavy (non-hydrogen) atoms. The van der Waals surface area contributed by atoms with Gasteiger partial charge in [-0.25, -0.2) is 17.5 Å². The van der Waals surface area contributed by atoms with Crippen molar-refractivity contribution in [2.75, 3.05) is 11.6 Å². The van der Waals surface area contributed by atoms with Crippen LogP contribution in [0.15, 0.2) is 42.5 Å². The molecule has 0 aromatic heterocycles. The molecular formula is C16H15Cl2FN2O3S. The van der Waals surface area contributed by atoms with Crippen molar-refractivity contribution in [1.29, 1.82) is 0 Å². The molecule has 0 saturated carbocycles. The molecule has 0 fully saturated rings. The van der Waals surface area contributed by atoms with Crippen molar-refractivity contribution >= 4 is 44.8 Å². The van der Waals surface area contributed by atoms with Crippen LogP contribution in [0.25, 0.3) is 0 Å². The Morgan fingerprint density at radius 2 is 1.80 bits per heavy atom. The number of benzene rings is 2. The number of halogens is 3. The number of rotatable bonds is 6. The number of nitrogens with one attached hydrogen (secondary N) is 2. The summed E-state index contributed by atoms with van der Waals surface area (Å²) in [7, 11) is -3.59. The van der Waals surface area contributed by atoms with Gasteiger partial charge in [-0.1, -0.05) is 41.4 Å². The van der Waals surface area contributed by atoms with Crippen molar-refractivity contribution in [2.24, 2.45) is 0 Å². The Morgan fingerprint density at radius 1 is 1.16 bits per heavy atom.